The Morgan fingerprint density at radius 3 is 2.47 bits per heavy atom. The number of nitro groups is 2. The van der Waals surface area contributed by atoms with E-state index < -0.39 is 33.7 Å². The minimum atomic E-state index is -2.56. The first kappa shape index (κ1) is 12.5. The van der Waals surface area contributed by atoms with Gasteiger partial charge >= 0.3 is 11.6 Å². The maximum Gasteiger partial charge on any atom is 0.474 e. The Hall–Kier alpha value is -2.59. The van der Waals surface area contributed by atoms with Crippen molar-refractivity contribution < 1.29 is 19.7 Å². The van der Waals surface area contributed by atoms with Crippen LogP contribution in [0.15, 0.2) is 6.20 Å². The van der Waals surface area contributed by atoms with Crippen molar-refractivity contribution in [3.05, 3.63) is 32.1 Å². The molecule has 11 heteroatoms. The van der Waals surface area contributed by atoms with Crippen molar-refractivity contribution in [3.63, 3.8) is 0 Å². The Morgan fingerprint density at radius 2 is 2.06 bits per heavy atom. The van der Waals surface area contributed by atoms with Crippen LogP contribution in [-0.2, 0) is 6.54 Å². The van der Waals surface area contributed by atoms with Crippen molar-refractivity contribution in [2.75, 3.05) is 0 Å². The fraction of sp³-hybridized carbons (Fsp3) is 0.500. The van der Waals surface area contributed by atoms with Gasteiger partial charge in [-0.05, 0) is 0 Å². The molecule has 17 heavy (non-hydrogen) atoms. The monoisotopic (exact) mass is 245 g/mol. The van der Waals surface area contributed by atoms with Gasteiger partial charge in [0, 0.05) is 0 Å². The Balaban J connectivity index is 3.11. The molecule has 0 aliphatic carbocycles. The third-order valence-corrected chi connectivity index (χ3v) is 2.07. The number of carbonyl (C=O) groups is 1. The van der Waals surface area contributed by atoms with Crippen molar-refractivity contribution in [2.24, 2.45) is 0 Å². The van der Waals surface area contributed by atoms with E-state index in [1.165, 1.54) is 0 Å². The molecule has 1 heterocycles. The van der Waals surface area contributed by atoms with Gasteiger partial charge in [-0.1, -0.05) is 5.21 Å². The maximum atomic E-state index is 10.7. The fourth-order valence-electron chi connectivity index (χ4n) is 1.01. The third-order valence-electron chi connectivity index (χ3n) is 2.07. The zero-order valence-corrected chi connectivity index (χ0v) is 8.51. The van der Waals surface area contributed by atoms with E-state index in [0.29, 0.717) is 4.68 Å². The van der Waals surface area contributed by atoms with Crippen molar-refractivity contribution in [1.82, 2.24) is 15.0 Å². The van der Waals surface area contributed by atoms with E-state index in [4.69, 9.17) is 5.11 Å². The summed E-state index contributed by atoms with van der Waals surface area (Å²) >= 11 is 0. The van der Waals surface area contributed by atoms with Crippen LogP contribution in [-0.4, -0.2) is 41.6 Å². The molecule has 0 spiro atoms. The van der Waals surface area contributed by atoms with Crippen LogP contribution < -0.4 is 0 Å². The van der Waals surface area contributed by atoms with Crippen LogP contribution in [0.3, 0.4) is 0 Å². The minimum Gasteiger partial charge on any atom is -0.476 e. The normalized spacial score (nSPS) is 11.1. The summed E-state index contributed by atoms with van der Waals surface area (Å²) in [5, 5.41) is 36.4. The van der Waals surface area contributed by atoms with Crippen molar-refractivity contribution >= 4 is 5.97 Å². The van der Waals surface area contributed by atoms with Crippen LogP contribution in [0.1, 0.15) is 17.4 Å². The summed E-state index contributed by atoms with van der Waals surface area (Å²) in [5.41, 5.74) is -3.02. The number of carboxylic acid groups (broad SMARTS) is 1. The molecule has 1 aromatic rings. The third kappa shape index (κ3) is 2.16. The molecule has 1 N–H and O–H groups in total. The van der Waals surface area contributed by atoms with Gasteiger partial charge in [-0.15, -0.1) is 5.10 Å². The van der Waals surface area contributed by atoms with E-state index in [-0.39, 0.29) is 0 Å². The van der Waals surface area contributed by atoms with Gasteiger partial charge in [0.05, 0.1) is 13.1 Å². The number of rotatable bonds is 5. The quantitative estimate of drug-likeness (QED) is 0.403. The molecule has 0 saturated carbocycles. The zero-order valence-electron chi connectivity index (χ0n) is 8.51. The van der Waals surface area contributed by atoms with E-state index in [1.54, 1.807) is 0 Å². The van der Waals surface area contributed by atoms with Gasteiger partial charge in [0.2, 0.25) is 0 Å². The minimum absolute atomic E-state index is 0.458. The highest BCUT2D eigenvalue weighted by Crippen LogP contribution is 2.13. The molecule has 0 saturated heterocycles. The highest BCUT2D eigenvalue weighted by atomic mass is 16.7. The summed E-state index contributed by atoms with van der Waals surface area (Å²) < 4.78 is 0.605. The van der Waals surface area contributed by atoms with Crippen molar-refractivity contribution in [2.45, 2.75) is 19.1 Å². The summed E-state index contributed by atoms with van der Waals surface area (Å²) in [6, 6.07) is 0. The van der Waals surface area contributed by atoms with Crippen LogP contribution in [0.25, 0.3) is 0 Å². The molecule has 0 aliphatic rings. The van der Waals surface area contributed by atoms with Crippen LogP contribution in [0.2, 0.25) is 0 Å². The molecule has 11 nitrogen and oxygen atoms in total. The zero-order chi connectivity index (χ0) is 13.2. The predicted octanol–water partition coefficient (Wildman–Crippen LogP) is -0.754. The van der Waals surface area contributed by atoms with E-state index in [2.05, 4.69) is 10.3 Å². The number of aromatic nitrogens is 3. The lowest BCUT2D eigenvalue weighted by atomic mass is 10.2. The van der Waals surface area contributed by atoms with Gasteiger partial charge < -0.3 is 5.11 Å². The molecule has 0 amide bonds. The van der Waals surface area contributed by atoms with Crippen LogP contribution in [0.4, 0.5) is 0 Å². The standard InChI is InChI=1S/C6H7N5O6/c1-6(10(14)15,11(16)17)3-9-4(5(12)13)2-7-8-9/h2H,3H2,1H3,(H,12,13). The molecule has 0 atom stereocenters. The second-order valence-electron chi connectivity index (χ2n) is 3.31. The Labute approximate surface area is 92.9 Å². The van der Waals surface area contributed by atoms with Gasteiger partial charge in [-0.2, -0.15) is 0 Å². The summed E-state index contributed by atoms with van der Waals surface area (Å²) in [6.07, 6.45) is 0.850. The van der Waals surface area contributed by atoms with E-state index in [1.807, 2.05) is 0 Å². The SMILES string of the molecule is CC(Cn1nncc1C(=O)O)([N+](=O)[O-])[N+](=O)[O-]. The smallest absolute Gasteiger partial charge is 0.474 e. The lowest BCUT2D eigenvalue weighted by Crippen LogP contribution is -2.47. The van der Waals surface area contributed by atoms with E-state index in [9.17, 15) is 25.0 Å². The lowest BCUT2D eigenvalue weighted by Gasteiger charge is -2.12. The molecule has 1 aromatic heterocycles. The van der Waals surface area contributed by atoms with E-state index in [0.717, 1.165) is 13.1 Å². The second-order valence-corrected chi connectivity index (χ2v) is 3.31. The van der Waals surface area contributed by atoms with Crippen LogP contribution in [0.5, 0.6) is 0 Å². The highest BCUT2D eigenvalue weighted by molar-refractivity contribution is 5.85. The first-order chi connectivity index (χ1) is 7.79. The highest BCUT2D eigenvalue weighted by Gasteiger charge is 2.52. The van der Waals surface area contributed by atoms with Crippen LogP contribution >= 0.6 is 0 Å². The summed E-state index contributed by atoms with van der Waals surface area (Å²) in [4.78, 5) is 29.7. The number of hydrogen-bond donors (Lipinski definition) is 1. The fourth-order valence-corrected chi connectivity index (χ4v) is 1.01. The first-order valence-electron chi connectivity index (χ1n) is 4.20. The molecule has 0 bridgehead atoms. The molecule has 0 radical (unpaired) electrons. The van der Waals surface area contributed by atoms with Gasteiger partial charge in [0.1, 0.15) is 9.85 Å². The maximum absolute atomic E-state index is 10.7. The lowest BCUT2D eigenvalue weighted by molar-refractivity contribution is -0.794. The number of aromatic carboxylic acids is 1. The topological polar surface area (TPSA) is 154 Å². The van der Waals surface area contributed by atoms with Gasteiger partial charge in [0.25, 0.3) is 0 Å². The summed E-state index contributed by atoms with van der Waals surface area (Å²) in [6.45, 7) is -0.0606. The van der Waals surface area contributed by atoms with Gasteiger partial charge in [-0.3, -0.25) is 20.2 Å². The molecule has 0 unspecified atom stereocenters. The summed E-state index contributed by atoms with van der Waals surface area (Å²) in [5.74, 6) is -1.43. The Bertz CT molecular complexity index is 467. The van der Waals surface area contributed by atoms with Crippen molar-refractivity contribution in [1.29, 1.82) is 0 Å². The number of nitrogens with zero attached hydrogens (tertiary/aromatic N) is 5. The largest absolute Gasteiger partial charge is 0.476 e. The number of carboxylic acids is 1. The molecular formula is C6H7N5O6. The van der Waals surface area contributed by atoms with Crippen LogP contribution in [0, 0.1) is 20.2 Å². The molecule has 92 valence electrons. The summed E-state index contributed by atoms with van der Waals surface area (Å²) in [7, 11) is 0. The molecule has 0 aromatic carbocycles. The second kappa shape index (κ2) is 4.11. The Kier molecular flexibility index (Phi) is 3.02. The molecule has 1 rings (SSSR count). The average Bonchev–Trinajstić information content (AvgIpc) is 2.64. The first-order valence-corrected chi connectivity index (χ1v) is 4.20. The average molecular weight is 245 g/mol. The molecular weight excluding hydrogens is 238 g/mol. The molecule has 0 fully saturated rings. The molecule has 0 aliphatic heterocycles. The van der Waals surface area contributed by atoms with Gasteiger partial charge in [-0.25, -0.2) is 9.48 Å². The number of hydrogen-bond acceptors (Lipinski definition) is 7. The van der Waals surface area contributed by atoms with Crippen molar-refractivity contribution in [3.8, 4) is 0 Å². The predicted molar refractivity (Wildman–Crippen MR) is 49.4 cm³/mol. The Morgan fingerprint density at radius 1 is 1.53 bits per heavy atom. The van der Waals surface area contributed by atoms with Gasteiger partial charge in [0.15, 0.2) is 12.2 Å². The van der Waals surface area contributed by atoms with E-state index >= 15 is 0 Å².